The summed E-state index contributed by atoms with van der Waals surface area (Å²) in [5, 5.41) is 3.85. The molecule has 0 atom stereocenters. The van der Waals surface area contributed by atoms with Gasteiger partial charge in [0.1, 0.15) is 0 Å². The molecule has 0 spiro atoms. The molecule has 0 saturated carbocycles. The Hall–Kier alpha value is -3.05. The molecule has 3 aromatic carbocycles. The summed E-state index contributed by atoms with van der Waals surface area (Å²) in [4.78, 5) is 17.3. The highest BCUT2D eigenvalue weighted by Gasteiger charge is 2.13. The Labute approximate surface area is 181 Å². The zero-order valence-corrected chi connectivity index (χ0v) is 18.3. The van der Waals surface area contributed by atoms with Crippen LogP contribution in [0.2, 0.25) is 0 Å². The Morgan fingerprint density at radius 3 is 2.50 bits per heavy atom. The standard InChI is InChI=1S/C25H25N3OS/c1-17-8-11-20(12-9-17)15-28-23-7-5-4-6-22(23)27-25(28)30-16-24(29)26-21-13-10-18(2)19(3)14-21/h4-14H,15-16H2,1-3H3,(H,26,29). The van der Waals surface area contributed by atoms with Crippen molar-refractivity contribution in [2.75, 3.05) is 11.1 Å². The summed E-state index contributed by atoms with van der Waals surface area (Å²) < 4.78 is 2.19. The topological polar surface area (TPSA) is 46.9 Å². The van der Waals surface area contributed by atoms with Gasteiger partial charge in [0, 0.05) is 5.69 Å². The van der Waals surface area contributed by atoms with Gasteiger partial charge >= 0.3 is 0 Å². The van der Waals surface area contributed by atoms with Gasteiger partial charge in [-0.05, 0) is 61.7 Å². The molecule has 152 valence electrons. The highest BCUT2D eigenvalue weighted by atomic mass is 32.2. The molecule has 4 aromatic rings. The minimum atomic E-state index is -0.0304. The van der Waals surface area contributed by atoms with Crippen LogP contribution in [-0.2, 0) is 11.3 Å². The van der Waals surface area contributed by atoms with E-state index in [9.17, 15) is 4.79 Å². The van der Waals surface area contributed by atoms with E-state index in [4.69, 9.17) is 4.98 Å². The lowest BCUT2D eigenvalue weighted by atomic mass is 10.1. The van der Waals surface area contributed by atoms with E-state index in [0.29, 0.717) is 5.75 Å². The summed E-state index contributed by atoms with van der Waals surface area (Å²) in [5.41, 5.74) is 7.69. The largest absolute Gasteiger partial charge is 0.325 e. The highest BCUT2D eigenvalue weighted by Crippen LogP contribution is 2.26. The quantitative estimate of drug-likeness (QED) is 0.409. The monoisotopic (exact) mass is 415 g/mol. The van der Waals surface area contributed by atoms with Crippen molar-refractivity contribution in [2.45, 2.75) is 32.5 Å². The first-order valence-electron chi connectivity index (χ1n) is 10.0. The smallest absolute Gasteiger partial charge is 0.234 e. The number of amides is 1. The minimum absolute atomic E-state index is 0.0304. The molecular formula is C25H25N3OS. The number of hydrogen-bond acceptors (Lipinski definition) is 3. The van der Waals surface area contributed by atoms with Crippen molar-refractivity contribution in [3.63, 3.8) is 0 Å². The number of aromatic nitrogens is 2. The third-order valence-electron chi connectivity index (χ3n) is 5.20. The number of nitrogens with zero attached hydrogens (tertiary/aromatic N) is 2. The predicted octanol–water partition coefficient (Wildman–Crippen LogP) is 5.74. The molecule has 0 aliphatic carbocycles. The van der Waals surface area contributed by atoms with Gasteiger partial charge in [0.05, 0.1) is 23.3 Å². The van der Waals surface area contributed by atoms with E-state index in [-0.39, 0.29) is 5.91 Å². The number of anilines is 1. The predicted molar refractivity (Wildman–Crippen MR) is 125 cm³/mol. The fourth-order valence-electron chi connectivity index (χ4n) is 3.34. The van der Waals surface area contributed by atoms with Crippen molar-refractivity contribution in [2.24, 2.45) is 0 Å². The molecule has 0 radical (unpaired) electrons. The molecule has 1 N–H and O–H groups in total. The zero-order valence-electron chi connectivity index (χ0n) is 17.5. The zero-order chi connectivity index (χ0) is 21.1. The molecule has 30 heavy (non-hydrogen) atoms. The minimum Gasteiger partial charge on any atom is -0.325 e. The van der Waals surface area contributed by atoms with Gasteiger partial charge in [-0.1, -0.05) is 59.8 Å². The number of benzene rings is 3. The van der Waals surface area contributed by atoms with Crippen LogP contribution in [0.1, 0.15) is 22.3 Å². The molecule has 0 aliphatic rings. The Morgan fingerprint density at radius 1 is 0.967 bits per heavy atom. The summed E-state index contributed by atoms with van der Waals surface area (Å²) in [6.07, 6.45) is 0. The first-order chi connectivity index (χ1) is 14.5. The average molecular weight is 416 g/mol. The van der Waals surface area contributed by atoms with E-state index in [2.05, 4.69) is 54.1 Å². The Balaban J connectivity index is 1.52. The number of para-hydroxylation sites is 2. The van der Waals surface area contributed by atoms with Gasteiger partial charge in [0.2, 0.25) is 5.91 Å². The van der Waals surface area contributed by atoms with E-state index < -0.39 is 0 Å². The van der Waals surface area contributed by atoms with Gasteiger partial charge in [-0.3, -0.25) is 4.79 Å². The van der Waals surface area contributed by atoms with Crippen LogP contribution in [0.3, 0.4) is 0 Å². The number of aryl methyl sites for hydroxylation is 3. The van der Waals surface area contributed by atoms with Crippen LogP contribution in [0.5, 0.6) is 0 Å². The van der Waals surface area contributed by atoms with Crippen molar-refractivity contribution in [1.29, 1.82) is 0 Å². The summed E-state index contributed by atoms with van der Waals surface area (Å²) in [6, 6.07) is 22.6. The van der Waals surface area contributed by atoms with E-state index in [1.807, 2.05) is 43.3 Å². The van der Waals surface area contributed by atoms with E-state index in [1.54, 1.807) is 0 Å². The number of thioether (sulfide) groups is 1. The molecule has 4 nitrogen and oxygen atoms in total. The first kappa shape index (κ1) is 20.2. The second-order valence-electron chi connectivity index (χ2n) is 7.59. The van der Waals surface area contributed by atoms with Gasteiger partial charge in [0.25, 0.3) is 0 Å². The van der Waals surface area contributed by atoms with E-state index in [0.717, 1.165) is 28.4 Å². The average Bonchev–Trinajstić information content (AvgIpc) is 3.08. The Morgan fingerprint density at radius 2 is 1.73 bits per heavy atom. The number of nitrogens with one attached hydrogen (secondary N) is 1. The normalized spacial score (nSPS) is 11.0. The molecule has 0 aliphatic heterocycles. The van der Waals surface area contributed by atoms with Crippen molar-refractivity contribution in [3.05, 3.63) is 89.0 Å². The highest BCUT2D eigenvalue weighted by molar-refractivity contribution is 7.99. The number of imidazole rings is 1. The van der Waals surface area contributed by atoms with Crippen molar-refractivity contribution in [3.8, 4) is 0 Å². The van der Waals surface area contributed by atoms with Gasteiger partial charge in [-0.25, -0.2) is 4.98 Å². The molecule has 0 unspecified atom stereocenters. The summed E-state index contributed by atoms with van der Waals surface area (Å²) in [7, 11) is 0. The number of carbonyl (C=O) groups is 1. The third kappa shape index (κ3) is 4.57. The summed E-state index contributed by atoms with van der Waals surface area (Å²) in [5.74, 6) is 0.279. The SMILES string of the molecule is Cc1ccc(Cn2c(SCC(=O)Nc3ccc(C)c(C)c3)nc3ccccc32)cc1. The molecular weight excluding hydrogens is 390 g/mol. The molecule has 1 heterocycles. The van der Waals surface area contributed by atoms with Crippen LogP contribution in [0.4, 0.5) is 5.69 Å². The maximum Gasteiger partial charge on any atom is 0.234 e. The molecule has 4 rings (SSSR count). The van der Waals surface area contributed by atoms with Gasteiger partial charge < -0.3 is 9.88 Å². The first-order valence-corrected chi connectivity index (χ1v) is 11.0. The molecule has 0 bridgehead atoms. The lowest BCUT2D eigenvalue weighted by Gasteiger charge is -2.10. The Kier molecular flexibility index (Phi) is 5.91. The van der Waals surface area contributed by atoms with E-state index in [1.165, 1.54) is 34.0 Å². The van der Waals surface area contributed by atoms with Crippen LogP contribution < -0.4 is 5.32 Å². The fraction of sp³-hybridized carbons (Fsp3) is 0.200. The van der Waals surface area contributed by atoms with Crippen LogP contribution in [0.25, 0.3) is 11.0 Å². The number of fused-ring (bicyclic) bond motifs is 1. The molecule has 0 fully saturated rings. The van der Waals surface area contributed by atoms with Gasteiger partial charge in [0.15, 0.2) is 5.16 Å². The summed E-state index contributed by atoms with van der Waals surface area (Å²) >= 11 is 1.47. The maximum atomic E-state index is 12.5. The third-order valence-corrected chi connectivity index (χ3v) is 6.18. The molecule has 1 aromatic heterocycles. The fourth-order valence-corrected chi connectivity index (χ4v) is 4.15. The molecule has 1 amide bonds. The van der Waals surface area contributed by atoms with Crippen molar-refractivity contribution >= 4 is 34.4 Å². The number of hydrogen-bond donors (Lipinski definition) is 1. The number of carbonyl (C=O) groups excluding carboxylic acids is 1. The Bertz CT molecular complexity index is 1190. The van der Waals surface area contributed by atoms with Crippen LogP contribution in [0, 0.1) is 20.8 Å². The van der Waals surface area contributed by atoms with Crippen LogP contribution in [-0.4, -0.2) is 21.2 Å². The lowest BCUT2D eigenvalue weighted by Crippen LogP contribution is -2.15. The van der Waals surface area contributed by atoms with Crippen LogP contribution in [0.15, 0.2) is 71.9 Å². The second-order valence-corrected chi connectivity index (χ2v) is 8.53. The van der Waals surface area contributed by atoms with Crippen molar-refractivity contribution < 1.29 is 4.79 Å². The van der Waals surface area contributed by atoms with Crippen LogP contribution >= 0.6 is 11.8 Å². The second kappa shape index (κ2) is 8.76. The number of rotatable bonds is 6. The summed E-state index contributed by atoms with van der Waals surface area (Å²) in [6.45, 7) is 6.93. The van der Waals surface area contributed by atoms with Gasteiger partial charge in [-0.2, -0.15) is 0 Å². The molecule has 0 saturated heterocycles. The van der Waals surface area contributed by atoms with Crippen molar-refractivity contribution in [1.82, 2.24) is 9.55 Å². The van der Waals surface area contributed by atoms with E-state index >= 15 is 0 Å². The lowest BCUT2D eigenvalue weighted by molar-refractivity contribution is -0.113. The molecule has 5 heteroatoms. The maximum absolute atomic E-state index is 12.5. The van der Waals surface area contributed by atoms with Gasteiger partial charge in [-0.15, -0.1) is 0 Å².